The molecule has 268 valence electrons. The first kappa shape index (κ1) is 36.0. The highest BCUT2D eigenvalue weighted by molar-refractivity contribution is 5.96. The van der Waals surface area contributed by atoms with Crippen LogP contribution in [0.25, 0.3) is 0 Å². The van der Waals surface area contributed by atoms with Gasteiger partial charge in [-0.05, 0) is 58.6 Å². The molecule has 1 aromatic carbocycles. The maximum absolute atomic E-state index is 15.1. The van der Waals surface area contributed by atoms with Crippen LogP contribution in [0.15, 0.2) is 30.4 Å². The van der Waals surface area contributed by atoms with E-state index >= 15 is 8.78 Å². The third-order valence-electron chi connectivity index (χ3n) is 9.13. The molecule has 1 saturated heterocycles. The van der Waals surface area contributed by atoms with Gasteiger partial charge in [-0.3, -0.25) is 14.5 Å². The molecule has 2 N–H and O–H groups in total. The number of carbonyl (C=O) groups excluding carboxylic acids is 5. The van der Waals surface area contributed by atoms with Crippen molar-refractivity contribution in [1.82, 2.24) is 20.4 Å². The highest BCUT2D eigenvalue weighted by Gasteiger charge is 2.62. The van der Waals surface area contributed by atoms with Crippen LogP contribution >= 0.6 is 0 Å². The summed E-state index contributed by atoms with van der Waals surface area (Å²) >= 11 is 0. The van der Waals surface area contributed by atoms with Gasteiger partial charge in [0.15, 0.2) is 0 Å². The van der Waals surface area contributed by atoms with E-state index in [1.807, 2.05) is 0 Å². The number of alkyl halides is 2. The fraction of sp³-hybridized carbons (Fsp3) is 0.618. The van der Waals surface area contributed by atoms with Crippen LogP contribution in [0.4, 0.5) is 22.8 Å². The first-order valence-corrected chi connectivity index (χ1v) is 16.6. The minimum Gasteiger partial charge on any atom is -0.464 e. The molecule has 3 heterocycles. The van der Waals surface area contributed by atoms with Crippen molar-refractivity contribution in [2.75, 3.05) is 13.2 Å². The number of alkyl carbamates (subject to hydrolysis) is 1. The Morgan fingerprint density at radius 2 is 1.88 bits per heavy atom. The van der Waals surface area contributed by atoms with Crippen LogP contribution in [0.5, 0.6) is 0 Å². The molecule has 5 atom stereocenters. The molecular formula is C34H43F3N4O8. The van der Waals surface area contributed by atoms with Gasteiger partial charge in [0, 0.05) is 37.3 Å². The molecule has 5 rings (SSSR count). The molecule has 0 bridgehead atoms. The van der Waals surface area contributed by atoms with Gasteiger partial charge in [0.25, 0.3) is 0 Å². The van der Waals surface area contributed by atoms with Gasteiger partial charge in [0.1, 0.15) is 35.1 Å². The maximum Gasteiger partial charge on any atom is 0.410 e. The second-order valence-electron chi connectivity index (χ2n) is 14.0. The molecule has 3 aliphatic heterocycles. The Labute approximate surface area is 282 Å². The average molecular weight is 693 g/mol. The van der Waals surface area contributed by atoms with E-state index in [1.54, 1.807) is 39.8 Å². The number of ether oxygens (including phenoxy) is 3. The summed E-state index contributed by atoms with van der Waals surface area (Å²) in [5.74, 6) is -6.48. The molecule has 1 saturated carbocycles. The molecule has 0 unspecified atom stereocenters. The molecule has 0 radical (unpaired) electrons. The first-order valence-electron chi connectivity index (χ1n) is 16.6. The Morgan fingerprint density at radius 1 is 1.12 bits per heavy atom. The number of allylic oxidation sites excluding steroid dienone is 1. The summed E-state index contributed by atoms with van der Waals surface area (Å²) in [5.41, 5.74) is -1.44. The Balaban J connectivity index is 1.42. The predicted octanol–water partition coefficient (Wildman–Crippen LogP) is 4.34. The lowest BCUT2D eigenvalue weighted by atomic mass is 10.0. The SMILES string of the molecule is CCOC(=O)[C@@]12C[C@H]1/C=C\CCC(F)(F)CC[C@H](NC(=O)OC(C)(C)C)C(=O)N1C[C@H](OC(=O)N3Cc4cccc(F)c4C3)C[C@H]1C(=O)N2. The summed E-state index contributed by atoms with van der Waals surface area (Å²) in [4.78, 5) is 69.6. The lowest BCUT2D eigenvalue weighted by molar-refractivity contribution is -0.150. The second kappa shape index (κ2) is 13.9. The van der Waals surface area contributed by atoms with E-state index in [1.165, 1.54) is 23.1 Å². The van der Waals surface area contributed by atoms with Crippen molar-refractivity contribution in [2.24, 2.45) is 5.92 Å². The maximum atomic E-state index is 15.1. The largest absolute Gasteiger partial charge is 0.464 e. The third kappa shape index (κ3) is 8.30. The number of carbonyl (C=O) groups is 5. The molecule has 4 amide bonds. The molecule has 1 aromatic rings. The van der Waals surface area contributed by atoms with Crippen molar-refractivity contribution in [3.63, 3.8) is 0 Å². The monoisotopic (exact) mass is 692 g/mol. The predicted molar refractivity (Wildman–Crippen MR) is 167 cm³/mol. The number of hydrogen-bond acceptors (Lipinski definition) is 8. The van der Waals surface area contributed by atoms with Crippen molar-refractivity contribution >= 4 is 30.0 Å². The summed E-state index contributed by atoms with van der Waals surface area (Å²) in [5, 5.41) is 5.15. The quantitative estimate of drug-likeness (QED) is 0.270. The van der Waals surface area contributed by atoms with Gasteiger partial charge in [-0.2, -0.15) is 0 Å². The van der Waals surface area contributed by atoms with Gasteiger partial charge in [0.2, 0.25) is 17.7 Å². The third-order valence-corrected chi connectivity index (χ3v) is 9.13. The fourth-order valence-electron chi connectivity index (χ4n) is 6.56. The minimum atomic E-state index is -3.20. The van der Waals surface area contributed by atoms with Gasteiger partial charge in [0.05, 0.1) is 19.7 Å². The molecule has 0 spiro atoms. The van der Waals surface area contributed by atoms with Gasteiger partial charge in [-0.25, -0.2) is 27.6 Å². The number of amides is 4. The Hall–Kier alpha value is -4.30. The molecule has 2 fully saturated rings. The lowest BCUT2D eigenvalue weighted by Crippen LogP contribution is -2.57. The standard InChI is InChI=1S/C34H43F3N4O8/c1-5-47-29(44)34-16-21(34)10-6-7-13-33(36,37)14-12-25(38-30(45)49-32(2,3)4)28(43)41-18-22(15-26(41)27(42)39-34)48-31(46)40-17-20-9-8-11-24(35)23(20)19-40/h6,8-11,21-22,25-26H,5,7,12-19H2,1-4H3,(H,38,45)(H,39,42)/b10-6-/t21-,22-,25+,26+,34-/m1/s1. The van der Waals surface area contributed by atoms with Crippen LogP contribution in [-0.4, -0.2) is 88.2 Å². The van der Waals surface area contributed by atoms with Crippen LogP contribution in [0.3, 0.4) is 0 Å². The number of hydrogen-bond donors (Lipinski definition) is 2. The number of halogens is 3. The van der Waals surface area contributed by atoms with Crippen molar-refractivity contribution in [1.29, 1.82) is 0 Å². The summed E-state index contributed by atoms with van der Waals surface area (Å²) in [6.07, 6.45) is -1.51. The van der Waals surface area contributed by atoms with Crippen LogP contribution < -0.4 is 10.6 Å². The van der Waals surface area contributed by atoms with E-state index in [9.17, 15) is 28.4 Å². The smallest absolute Gasteiger partial charge is 0.410 e. The van der Waals surface area contributed by atoms with E-state index in [2.05, 4.69) is 10.6 Å². The molecule has 12 nitrogen and oxygen atoms in total. The van der Waals surface area contributed by atoms with Crippen molar-refractivity contribution in [2.45, 2.75) is 115 Å². The van der Waals surface area contributed by atoms with E-state index in [0.717, 1.165) is 4.90 Å². The van der Waals surface area contributed by atoms with Crippen LogP contribution in [0.1, 0.15) is 77.3 Å². The van der Waals surface area contributed by atoms with E-state index in [-0.39, 0.29) is 45.5 Å². The topological polar surface area (TPSA) is 144 Å². The number of benzene rings is 1. The zero-order valence-corrected chi connectivity index (χ0v) is 28.1. The summed E-state index contributed by atoms with van der Waals surface area (Å²) in [6, 6.07) is 1.71. The highest BCUT2D eigenvalue weighted by atomic mass is 19.3. The molecule has 15 heteroatoms. The zero-order chi connectivity index (χ0) is 35.7. The average Bonchev–Trinajstić information content (AvgIpc) is 3.32. The highest BCUT2D eigenvalue weighted by Crippen LogP contribution is 2.46. The Bertz CT molecular complexity index is 1510. The van der Waals surface area contributed by atoms with Crippen molar-refractivity contribution in [3.05, 3.63) is 47.3 Å². The summed E-state index contributed by atoms with van der Waals surface area (Å²) < 4.78 is 60.7. The number of esters is 1. The van der Waals surface area contributed by atoms with Gasteiger partial charge >= 0.3 is 18.2 Å². The molecular weight excluding hydrogens is 649 g/mol. The zero-order valence-electron chi connectivity index (χ0n) is 28.1. The van der Waals surface area contributed by atoms with Gasteiger partial charge in [-0.1, -0.05) is 24.3 Å². The molecule has 1 aliphatic carbocycles. The first-order chi connectivity index (χ1) is 23.0. The second-order valence-corrected chi connectivity index (χ2v) is 14.0. The Morgan fingerprint density at radius 3 is 2.57 bits per heavy atom. The van der Waals surface area contributed by atoms with Crippen LogP contribution in [0.2, 0.25) is 0 Å². The van der Waals surface area contributed by atoms with Crippen molar-refractivity contribution in [3.8, 4) is 0 Å². The number of nitrogens with zero attached hydrogens (tertiary/aromatic N) is 2. The van der Waals surface area contributed by atoms with Crippen LogP contribution in [0, 0.1) is 11.7 Å². The number of fused-ring (bicyclic) bond motifs is 3. The fourth-order valence-corrected chi connectivity index (χ4v) is 6.56. The minimum absolute atomic E-state index is 0.0228. The molecule has 0 aromatic heterocycles. The van der Waals surface area contributed by atoms with E-state index in [0.29, 0.717) is 11.1 Å². The van der Waals surface area contributed by atoms with Gasteiger partial charge in [-0.15, -0.1) is 0 Å². The molecule has 4 aliphatic rings. The number of rotatable bonds is 4. The van der Waals surface area contributed by atoms with Gasteiger partial charge < -0.3 is 29.7 Å². The van der Waals surface area contributed by atoms with Crippen molar-refractivity contribution < 1.29 is 51.4 Å². The normalized spacial score (nSPS) is 28.9. The van der Waals surface area contributed by atoms with E-state index in [4.69, 9.17) is 14.2 Å². The Kier molecular flexibility index (Phi) is 10.2. The number of nitrogens with one attached hydrogen (secondary N) is 2. The van der Waals surface area contributed by atoms with Crippen LogP contribution in [-0.2, 0) is 41.7 Å². The summed E-state index contributed by atoms with van der Waals surface area (Å²) in [7, 11) is 0. The summed E-state index contributed by atoms with van der Waals surface area (Å²) in [6.45, 7) is 6.20. The lowest BCUT2D eigenvalue weighted by Gasteiger charge is -2.30. The molecule has 49 heavy (non-hydrogen) atoms. The van der Waals surface area contributed by atoms with E-state index < -0.39 is 96.2 Å².